The van der Waals surface area contributed by atoms with Gasteiger partial charge in [-0.2, -0.15) is 22.6 Å². The lowest BCUT2D eigenvalue weighted by atomic mass is 9.91. The molecule has 2 aromatic rings. The Morgan fingerprint density at radius 2 is 1.93 bits per heavy atom. The van der Waals surface area contributed by atoms with Gasteiger partial charge in [-0.15, -0.1) is 0 Å². The summed E-state index contributed by atoms with van der Waals surface area (Å²) in [4.78, 5) is 13.5. The fraction of sp³-hybridized carbons (Fsp3) is 0.630. The Labute approximate surface area is 233 Å². The minimum absolute atomic E-state index is 0.0639. The molecule has 2 atom stereocenters. The van der Waals surface area contributed by atoms with Crippen LogP contribution in [-0.4, -0.2) is 66.6 Å². The highest BCUT2D eigenvalue weighted by atomic mass is 32.2. The van der Waals surface area contributed by atoms with Crippen LogP contribution in [0, 0.1) is 5.41 Å². The first-order valence-corrected chi connectivity index (χ1v) is 15.3. The third kappa shape index (κ3) is 7.76. The van der Waals surface area contributed by atoms with E-state index >= 15 is 0 Å². The molecule has 3 heterocycles. The summed E-state index contributed by atoms with van der Waals surface area (Å²) >= 11 is 0. The summed E-state index contributed by atoms with van der Waals surface area (Å²) in [5, 5.41) is 7.39. The van der Waals surface area contributed by atoms with E-state index in [1.165, 1.54) is 4.31 Å². The van der Waals surface area contributed by atoms with E-state index in [9.17, 15) is 26.4 Å². The van der Waals surface area contributed by atoms with Gasteiger partial charge in [-0.3, -0.25) is 4.79 Å². The van der Waals surface area contributed by atoms with E-state index in [0.29, 0.717) is 44.8 Å². The second kappa shape index (κ2) is 11.7. The number of rotatable bonds is 9. The van der Waals surface area contributed by atoms with Crippen LogP contribution in [-0.2, 0) is 33.9 Å². The SMILES string of the molecule is CC(C)(C)Cc1cc(NC(=O)c2cc(C(F)(F)F)ccc2OC[C@@H]2CCCN2S(C)(=O)=O)n(C[C@H]2CCCO2)n1. The fourth-order valence-corrected chi connectivity index (χ4v) is 6.28. The third-order valence-electron chi connectivity index (χ3n) is 6.92. The summed E-state index contributed by atoms with van der Waals surface area (Å²) in [6, 6.07) is 3.96. The number of sulfonamides is 1. The number of carbonyl (C=O) groups is 1. The number of hydrogen-bond donors (Lipinski definition) is 1. The van der Waals surface area contributed by atoms with Gasteiger partial charge in [0.2, 0.25) is 10.0 Å². The van der Waals surface area contributed by atoms with Gasteiger partial charge in [0.05, 0.1) is 41.8 Å². The molecule has 0 unspecified atom stereocenters. The Bertz CT molecular complexity index is 1310. The van der Waals surface area contributed by atoms with Gasteiger partial charge in [-0.05, 0) is 55.7 Å². The van der Waals surface area contributed by atoms with Crippen molar-refractivity contribution in [3.63, 3.8) is 0 Å². The average molecular weight is 587 g/mol. The number of hydrogen-bond acceptors (Lipinski definition) is 6. The predicted molar refractivity (Wildman–Crippen MR) is 144 cm³/mol. The van der Waals surface area contributed by atoms with Crippen molar-refractivity contribution in [2.75, 3.05) is 31.3 Å². The molecule has 1 N–H and O–H groups in total. The van der Waals surface area contributed by atoms with Crippen molar-refractivity contribution in [1.29, 1.82) is 0 Å². The number of carbonyl (C=O) groups excluding carboxylic acids is 1. The van der Waals surface area contributed by atoms with Crippen LogP contribution in [0.15, 0.2) is 24.3 Å². The van der Waals surface area contributed by atoms with Crippen LogP contribution < -0.4 is 10.1 Å². The Kier molecular flexibility index (Phi) is 8.86. The van der Waals surface area contributed by atoms with Crippen molar-refractivity contribution in [1.82, 2.24) is 14.1 Å². The van der Waals surface area contributed by atoms with Crippen molar-refractivity contribution < 1.29 is 35.9 Å². The van der Waals surface area contributed by atoms with Crippen molar-refractivity contribution in [3.05, 3.63) is 41.1 Å². The van der Waals surface area contributed by atoms with Crippen LogP contribution in [0.5, 0.6) is 5.75 Å². The topological polar surface area (TPSA) is 103 Å². The standard InChI is InChI=1S/C27H37F3N4O5S/c1-26(2,3)15-19-14-24(33(32-19)16-21-8-6-12-38-21)31-25(35)22-13-18(27(28,29)30)9-10-23(22)39-17-20-7-5-11-34(20)40(4,36)37/h9-10,13-14,20-21H,5-8,11-12,15-17H2,1-4H3,(H,31,35)/t20-,21+/m0/s1. The van der Waals surface area contributed by atoms with Crippen molar-refractivity contribution >= 4 is 21.7 Å². The molecule has 4 rings (SSSR count). The zero-order valence-electron chi connectivity index (χ0n) is 23.3. The molecule has 0 spiro atoms. The highest BCUT2D eigenvalue weighted by Crippen LogP contribution is 2.34. The van der Waals surface area contributed by atoms with E-state index in [1.807, 2.05) is 0 Å². The normalized spacial score (nSPS) is 20.7. The molecular weight excluding hydrogens is 549 g/mol. The van der Waals surface area contributed by atoms with E-state index in [2.05, 4.69) is 31.2 Å². The van der Waals surface area contributed by atoms with E-state index < -0.39 is 33.7 Å². The summed E-state index contributed by atoms with van der Waals surface area (Å²) in [7, 11) is -3.47. The van der Waals surface area contributed by atoms with Gasteiger partial charge in [-0.25, -0.2) is 13.1 Å². The van der Waals surface area contributed by atoms with Crippen LogP contribution in [0.4, 0.5) is 19.0 Å². The molecule has 9 nitrogen and oxygen atoms in total. The molecule has 2 aliphatic heterocycles. The molecule has 40 heavy (non-hydrogen) atoms. The number of ether oxygens (including phenoxy) is 2. The Balaban J connectivity index is 1.61. The van der Waals surface area contributed by atoms with Gasteiger partial charge in [0.15, 0.2) is 0 Å². The van der Waals surface area contributed by atoms with Crippen LogP contribution in [0.3, 0.4) is 0 Å². The molecule has 1 aromatic carbocycles. The zero-order chi connectivity index (χ0) is 29.3. The van der Waals surface area contributed by atoms with Gasteiger partial charge in [0.25, 0.3) is 5.91 Å². The van der Waals surface area contributed by atoms with Gasteiger partial charge >= 0.3 is 6.18 Å². The van der Waals surface area contributed by atoms with Crippen LogP contribution in [0.25, 0.3) is 0 Å². The average Bonchev–Trinajstić information content (AvgIpc) is 3.58. The monoisotopic (exact) mass is 586 g/mol. The summed E-state index contributed by atoms with van der Waals surface area (Å²) < 4.78 is 79.4. The predicted octanol–water partition coefficient (Wildman–Crippen LogP) is 4.72. The third-order valence-corrected chi connectivity index (χ3v) is 8.25. The molecule has 2 fully saturated rings. The fourth-order valence-electron chi connectivity index (χ4n) is 5.11. The minimum atomic E-state index is -4.67. The first-order valence-electron chi connectivity index (χ1n) is 13.4. The molecule has 0 bridgehead atoms. The van der Waals surface area contributed by atoms with E-state index in [0.717, 1.165) is 43.0 Å². The minimum Gasteiger partial charge on any atom is -0.491 e. The molecule has 0 aliphatic carbocycles. The highest BCUT2D eigenvalue weighted by Gasteiger charge is 2.34. The molecule has 1 amide bonds. The maximum absolute atomic E-state index is 13.6. The molecule has 13 heteroatoms. The second-order valence-corrected chi connectivity index (χ2v) is 13.7. The number of nitrogens with one attached hydrogen (secondary N) is 1. The lowest BCUT2D eigenvalue weighted by Gasteiger charge is -2.23. The van der Waals surface area contributed by atoms with Crippen LogP contribution in [0.2, 0.25) is 0 Å². The number of nitrogens with zero attached hydrogens (tertiary/aromatic N) is 3. The Hall–Kier alpha value is -2.64. The summed E-state index contributed by atoms with van der Waals surface area (Å²) in [5.74, 6) is -0.503. The molecule has 222 valence electrons. The molecule has 2 saturated heterocycles. The van der Waals surface area contributed by atoms with Crippen molar-refractivity contribution in [3.8, 4) is 5.75 Å². The first-order chi connectivity index (χ1) is 18.6. The quantitative estimate of drug-likeness (QED) is 0.456. The summed E-state index contributed by atoms with van der Waals surface area (Å²) in [6.07, 6.45) is -0.0469. The molecule has 0 saturated carbocycles. The van der Waals surface area contributed by atoms with Gasteiger partial charge in [0.1, 0.15) is 18.2 Å². The largest absolute Gasteiger partial charge is 0.491 e. The first kappa shape index (κ1) is 30.3. The second-order valence-electron chi connectivity index (χ2n) is 11.7. The maximum Gasteiger partial charge on any atom is 0.416 e. The molecule has 2 aliphatic rings. The lowest BCUT2D eigenvalue weighted by molar-refractivity contribution is -0.137. The number of aromatic nitrogens is 2. The number of alkyl halides is 3. The number of amides is 1. The lowest BCUT2D eigenvalue weighted by Crippen LogP contribution is -2.38. The summed E-state index contributed by atoms with van der Waals surface area (Å²) in [5.41, 5.74) is -0.638. The van der Waals surface area contributed by atoms with E-state index in [1.54, 1.807) is 10.7 Å². The zero-order valence-corrected chi connectivity index (χ0v) is 24.1. The highest BCUT2D eigenvalue weighted by molar-refractivity contribution is 7.88. The Morgan fingerprint density at radius 3 is 2.55 bits per heavy atom. The number of halogens is 3. The molecular formula is C27H37F3N4O5S. The van der Waals surface area contributed by atoms with E-state index in [4.69, 9.17) is 9.47 Å². The van der Waals surface area contributed by atoms with Crippen LogP contribution >= 0.6 is 0 Å². The molecule has 0 radical (unpaired) electrons. The van der Waals surface area contributed by atoms with Crippen LogP contribution in [0.1, 0.15) is 68.1 Å². The smallest absolute Gasteiger partial charge is 0.416 e. The number of benzene rings is 1. The summed E-state index contributed by atoms with van der Waals surface area (Å²) in [6.45, 7) is 7.48. The Morgan fingerprint density at radius 1 is 1.18 bits per heavy atom. The van der Waals surface area contributed by atoms with Gasteiger partial charge in [0, 0.05) is 19.2 Å². The number of anilines is 1. The van der Waals surface area contributed by atoms with Crippen molar-refractivity contribution in [2.24, 2.45) is 5.41 Å². The van der Waals surface area contributed by atoms with E-state index in [-0.39, 0.29) is 29.4 Å². The maximum atomic E-state index is 13.6. The van der Waals surface area contributed by atoms with Gasteiger partial charge in [-0.1, -0.05) is 20.8 Å². The van der Waals surface area contributed by atoms with Gasteiger partial charge < -0.3 is 14.8 Å². The van der Waals surface area contributed by atoms with Crippen molar-refractivity contribution in [2.45, 2.75) is 77.7 Å². The molecule has 1 aromatic heterocycles.